The van der Waals surface area contributed by atoms with Gasteiger partial charge >= 0.3 is 61.0 Å². The van der Waals surface area contributed by atoms with Crippen molar-refractivity contribution in [2.24, 2.45) is 0 Å². The fourth-order valence-electron chi connectivity index (χ4n) is 1.79. The summed E-state index contributed by atoms with van der Waals surface area (Å²) >= 11 is -1.18. The average molecular weight is 187 g/mol. The Hall–Kier alpha value is 0.543. The van der Waals surface area contributed by atoms with Crippen LogP contribution in [-0.4, -0.2) is 13.3 Å². The standard InChI is InChI=1S/C8H18Ge/c1-9(2,3)8-6-4-5-7-8/h8H,4-7H2,1-3H3. The molecule has 0 N–H and O–H groups in total. The van der Waals surface area contributed by atoms with Crippen LogP contribution in [0.1, 0.15) is 25.7 Å². The summed E-state index contributed by atoms with van der Waals surface area (Å²) in [5, 5.41) is 0. The van der Waals surface area contributed by atoms with Crippen LogP contribution >= 0.6 is 0 Å². The molecule has 0 heterocycles. The van der Waals surface area contributed by atoms with Crippen LogP contribution in [0.4, 0.5) is 0 Å². The minimum atomic E-state index is -1.18. The summed E-state index contributed by atoms with van der Waals surface area (Å²) in [7, 11) is 0. The van der Waals surface area contributed by atoms with Crippen molar-refractivity contribution < 1.29 is 0 Å². The van der Waals surface area contributed by atoms with Crippen molar-refractivity contribution >= 4 is 13.3 Å². The quantitative estimate of drug-likeness (QED) is 0.552. The van der Waals surface area contributed by atoms with Crippen molar-refractivity contribution in [3.63, 3.8) is 0 Å². The Morgan fingerprint density at radius 1 is 1.00 bits per heavy atom. The van der Waals surface area contributed by atoms with Crippen molar-refractivity contribution in [2.45, 2.75) is 47.7 Å². The number of hydrogen-bond acceptors (Lipinski definition) is 0. The molecule has 0 atom stereocenters. The van der Waals surface area contributed by atoms with Crippen LogP contribution < -0.4 is 0 Å². The van der Waals surface area contributed by atoms with E-state index in [0.29, 0.717) is 0 Å². The first kappa shape index (κ1) is 7.65. The van der Waals surface area contributed by atoms with E-state index in [1.165, 1.54) is 17.6 Å². The van der Waals surface area contributed by atoms with Crippen LogP contribution in [0.5, 0.6) is 0 Å². The van der Waals surface area contributed by atoms with Gasteiger partial charge in [-0.25, -0.2) is 0 Å². The molecule has 9 heavy (non-hydrogen) atoms. The van der Waals surface area contributed by atoms with E-state index >= 15 is 0 Å². The Balaban J connectivity index is 2.42. The summed E-state index contributed by atoms with van der Waals surface area (Å²) in [5.41, 5.74) is 0. The SMILES string of the molecule is [CH3][Ge]([CH3])([CH3])[CH]1CCCC1. The van der Waals surface area contributed by atoms with Gasteiger partial charge in [-0.15, -0.1) is 0 Å². The zero-order valence-corrected chi connectivity index (χ0v) is 9.00. The molecule has 1 rings (SSSR count). The van der Waals surface area contributed by atoms with Crippen LogP contribution in [0, 0.1) is 0 Å². The van der Waals surface area contributed by atoms with Gasteiger partial charge in [-0.1, -0.05) is 0 Å². The normalized spacial score (nSPS) is 23.0. The van der Waals surface area contributed by atoms with E-state index in [0.717, 1.165) is 0 Å². The molecular weight excluding hydrogens is 169 g/mol. The first-order valence-corrected chi connectivity index (χ1v) is 11.6. The molecule has 1 aliphatic carbocycles. The summed E-state index contributed by atoms with van der Waals surface area (Å²) in [6, 6.07) is 0. The van der Waals surface area contributed by atoms with Crippen LogP contribution in [-0.2, 0) is 0 Å². The molecule has 1 fully saturated rings. The van der Waals surface area contributed by atoms with E-state index in [1.54, 1.807) is 12.8 Å². The third-order valence-corrected chi connectivity index (χ3v) is 8.93. The molecule has 0 unspecified atom stereocenters. The summed E-state index contributed by atoms with van der Waals surface area (Å²) < 4.78 is 1.20. The van der Waals surface area contributed by atoms with Gasteiger partial charge in [0.1, 0.15) is 0 Å². The molecule has 0 aliphatic heterocycles. The fraction of sp³-hybridized carbons (Fsp3) is 1.00. The van der Waals surface area contributed by atoms with Crippen LogP contribution in [0.15, 0.2) is 0 Å². The zero-order valence-electron chi connectivity index (χ0n) is 6.91. The molecule has 0 radical (unpaired) electrons. The Bertz CT molecular complexity index is 85.2. The molecular formula is C8H18Ge. The third kappa shape index (κ3) is 1.99. The number of hydrogen-bond donors (Lipinski definition) is 0. The van der Waals surface area contributed by atoms with E-state index in [-0.39, 0.29) is 0 Å². The molecule has 1 aliphatic rings. The van der Waals surface area contributed by atoms with Gasteiger partial charge in [-0.05, 0) is 0 Å². The van der Waals surface area contributed by atoms with Crippen LogP contribution in [0.2, 0.25) is 22.0 Å². The molecule has 0 amide bonds. The second-order valence-corrected chi connectivity index (χ2v) is 16.0. The first-order chi connectivity index (χ1) is 4.11. The third-order valence-electron chi connectivity index (χ3n) is 2.58. The Morgan fingerprint density at radius 3 is 1.67 bits per heavy atom. The molecule has 0 aromatic rings. The van der Waals surface area contributed by atoms with Gasteiger partial charge < -0.3 is 0 Å². The molecule has 0 aromatic heterocycles. The molecule has 0 aromatic carbocycles. The molecule has 54 valence electrons. The van der Waals surface area contributed by atoms with Crippen LogP contribution in [0.3, 0.4) is 0 Å². The first-order valence-electron chi connectivity index (χ1n) is 4.11. The molecule has 1 saturated carbocycles. The van der Waals surface area contributed by atoms with Crippen LogP contribution in [0.25, 0.3) is 0 Å². The predicted molar refractivity (Wildman–Crippen MR) is 45.6 cm³/mol. The van der Waals surface area contributed by atoms with Gasteiger partial charge in [0.05, 0.1) is 0 Å². The molecule has 0 spiro atoms. The average Bonchev–Trinajstić information content (AvgIpc) is 2.08. The second kappa shape index (κ2) is 2.65. The van der Waals surface area contributed by atoms with E-state index in [2.05, 4.69) is 17.3 Å². The molecule has 0 bridgehead atoms. The van der Waals surface area contributed by atoms with Crippen molar-refractivity contribution in [2.75, 3.05) is 0 Å². The summed E-state index contributed by atoms with van der Waals surface area (Å²) in [5.74, 6) is 7.65. The maximum atomic E-state index is 2.55. The maximum absolute atomic E-state index is 2.55. The Morgan fingerprint density at radius 2 is 1.44 bits per heavy atom. The number of rotatable bonds is 1. The van der Waals surface area contributed by atoms with Crippen molar-refractivity contribution in [3.8, 4) is 0 Å². The van der Waals surface area contributed by atoms with E-state index in [1.807, 2.05) is 0 Å². The van der Waals surface area contributed by atoms with Gasteiger partial charge in [-0.3, -0.25) is 0 Å². The van der Waals surface area contributed by atoms with Crippen molar-refractivity contribution in [1.82, 2.24) is 0 Å². The molecule has 1 heteroatoms. The summed E-state index contributed by atoms with van der Waals surface area (Å²) in [6.45, 7) is 0. The topological polar surface area (TPSA) is 0 Å². The van der Waals surface area contributed by atoms with Gasteiger partial charge in [0.2, 0.25) is 0 Å². The van der Waals surface area contributed by atoms with E-state index in [4.69, 9.17) is 0 Å². The monoisotopic (exact) mass is 188 g/mol. The predicted octanol–water partition coefficient (Wildman–Crippen LogP) is 3.27. The van der Waals surface area contributed by atoms with Crippen molar-refractivity contribution in [3.05, 3.63) is 0 Å². The summed E-state index contributed by atoms with van der Waals surface area (Å²) in [6.07, 6.45) is 6.16. The van der Waals surface area contributed by atoms with Gasteiger partial charge in [0, 0.05) is 0 Å². The Kier molecular flexibility index (Phi) is 2.25. The van der Waals surface area contributed by atoms with Gasteiger partial charge in [0.25, 0.3) is 0 Å². The minimum absolute atomic E-state index is 1.18. The molecule has 0 saturated heterocycles. The zero-order chi connectivity index (χ0) is 6.91. The van der Waals surface area contributed by atoms with Gasteiger partial charge in [-0.2, -0.15) is 0 Å². The Labute approximate surface area is 61.4 Å². The second-order valence-electron chi connectivity index (χ2n) is 4.35. The van der Waals surface area contributed by atoms with Crippen molar-refractivity contribution in [1.29, 1.82) is 0 Å². The fourth-order valence-corrected chi connectivity index (χ4v) is 6.28. The van der Waals surface area contributed by atoms with Gasteiger partial charge in [0.15, 0.2) is 0 Å². The van der Waals surface area contributed by atoms with E-state index < -0.39 is 13.3 Å². The molecule has 0 nitrogen and oxygen atoms in total. The summed E-state index contributed by atoms with van der Waals surface area (Å²) in [4.78, 5) is 0. The van der Waals surface area contributed by atoms with E-state index in [9.17, 15) is 0 Å².